The van der Waals surface area contributed by atoms with Gasteiger partial charge in [0.15, 0.2) is 0 Å². The third-order valence-corrected chi connectivity index (χ3v) is 4.06. The summed E-state index contributed by atoms with van der Waals surface area (Å²) in [5, 5.41) is 15.5. The fourth-order valence-electron chi connectivity index (χ4n) is 2.93. The van der Waals surface area contributed by atoms with Crippen molar-refractivity contribution in [2.45, 2.75) is 18.9 Å². The van der Waals surface area contributed by atoms with E-state index in [0.29, 0.717) is 5.95 Å². The lowest BCUT2D eigenvalue weighted by Crippen LogP contribution is -2.43. The number of nitrogens with zero attached hydrogens (tertiary/aromatic N) is 7. The number of rotatable bonds is 4. The molecule has 0 radical (unpaired) electrons. The zero-order chi connectivity index (χ0) is 16.2. The van der Waals surface area contributed by atoms with Gasteiger partial charge in [-0.3, -0.25) is 0 Å². The number of aromatic nitrogens is 6. The molecule has 3 aromatic rings. The summed E-state index contributed by atoms with van der Waals surface area (Å²) in [6, 6.07) is 11.9. The molecule has 0 bridgehead atoms. The third kappa shape index (κ3) is 3.03. The highest BCUT2D eigenvalue weighted by molar-refractivity contribution is 5.40. The Morgan fingerprint density at radius 3 is 2.71 bits per heavy atom. The van der Waals surface area contributed by atoms with Gasteiger partial charge in [-0.1, -0.05) is 23.3 Å². The fraction of sp³-hybridized carbons (Fsp3) is 0.312. The number of tetrazole rings is 1. The van der Waals surface area contributed by atoms with Gasteiger partial charge in [0.2, 0.25) is 11.9 Å². The number of nitrogens with one attached hydrogen (secondary N) is 1. The van der Waals surface area contributed by atoms with Crippen molar-refractivity contribution in [1.82, 2.24) is 30.2 Å². The molecule has 2 aromatic heterocycles. The minimum Gasteiger partial charge on any atom is -0.348 e. The zero-order valence-electron chi connectivity index (χ0n) is 13.2. The summed E-state index contributed by atoms with van der Waals surface area (Å²) in [5.74, 6) is 1.42. The highest BCUT2D eigenvalue weighted by atomic mass is 15.6. The van der Waals surface area contributed by atoms with Crippen LogP contribution in [0.1, 0.15) is 12.8 Å². The Bertz CT molecular complexity index is 773. The molecule has 8 nitrogen and oxygen atoms in total. The molecule has 0 unspecified atom stereocenters. The minimum absolute atomic E-state index is 0.246. The van der Waals surface area contributed by atoms with E-state index >= 15 is 0 Å². The van der Waals surface area contributed by atoms with Crippen LogP contribution < -0.4 is 10.2 Å². The highest BCUT2D eigenvalue weighted by Gasteiger charge is 2.23. The summed E-state index contributed by atoms with van der Waals surface area (Å²) in [5.41, 5.74) is 0.934. The van der Waals surface area contributed by atoms with E-state index in [1.807, 2.05) is 36.4 Å². The van der Waals surface area contributed by atoms with Crippen molar-refractivity contribution < 1.29 is 0 Å². The van der Waals surface area contributed by atoms with Gasteiger partial charge in [0.25, 0.3) is 0 Å². The van der Waals surface area contributed by atoms with E-state index in [1.165, 1.54) is 0 Å². The lowest BCUT2D eigenvalue weighted by molar-refractivity contribution is 0.519. The molecule has 1 aliphatic rings. The van der Waals surface area contributed by atoms with Crippen molar-refractivity contribution in [3.8, 4) is 5.69 Å². The molecule has 8 heteroatoms. The molecule has 3 heterocycles. The van der Waals surface area contributed by atoms with Gasteiger partial charge < -0.3 is 10.2 Å². The van der Waals surface area contributed by atoms with Crippen LogP contribution in [0.25, 0.3) is 5.69 Å². The van der Waals surface area contributed by atoms with E-state index in [-0.39, 0.29) is 6.04 Å². The van der Waals surface area contributed by atoms with Gasteiger partial charge in [-0.15, -0.1) is 0 Å². The number of hydrogen-bond acceptors (Lipinski definition) is 7. The van der Waals surface area contributed by atoms with Crippen molar-refractivity contribution in [3.05, 3.63) is 48.8 Å². The Morgan fingerprint density at radius 2 is 1.88 bits per heavy atom. The van der Waals surface area contributed by atoms with Crippen LogP contribution >= 0.6 is 0 Å². The average Bonchev–Trinajstić information content (AvgIpc) is 3.11. The second-order valence-electron chi connectivity index (χ2n) is 5.73. The second kappa shape index (κ2) is 6.61. The number of benzene rings is 1. The van der Waals surface area contributed by atoms with E-state index in [4.69, 9.17) is 0 Å². The monoisotopic (exact) mass is 322 g/mol. The summed E-state index contributed by atoms with van der Waals surface area (Å²) in [7, 11) is 0. The first-order chi connectivity index (χ1) is 11.9. The molecular weight excluding hydrogens is 304 g/mol. The van der Waals surface area contributed by atoms with Crippen LogP contribution in [0.2, 0.25) is 0 Å². The Labute approximate surface area is 139 Å². The lowest BCUT2D eigenvalue weighted by Gasteiger charge is -2.33. The van der Waals surface area contributed by atoms with Crippen LogP contribution in [0, 0.1) is 0 Å². The molecule has 24 heavy (non-hydrogen) atoms. The number of hydrogen-bond donors (Lipinski definition) is 1. The maximum Gasteiger partial charge on any atom is 0.248 e. The molecule has 1 atom stereocenters. The molecule has 1 aliphatic heterocycles. The van der Waals surface area contributed by atoms with E-state index < -0.39 is 0 Å². The van der Waals surface area contributed by atoms with Crippen LogP contribution in [0.15, 0.2) is 48.8 Å². The smallest absolute Gasteiger partial charge is 0.248 e. The summed E-state index contributed by atoms with van der Waals surface area (Å²) in [6.07, 6.45) is 5.68. The molecule has 1 saturated heterocycles. The Morgan fingerprint density at radius 1 is 1.04 bits per heavy atom. The SMILES string of the molecule is c1ccc(-n2nnnc2N[C@H]2CCCN(c3ncccn3)C2)cc1. The topological polar surface area (TPSA) is 84.7 Å². The first-order valence-corrected chi connectivity index (χ1v) is 8.02. The van der Waals surface area contributed by atoms with Crippen LogP contribution in [0.4, 0.5) is 11.9 Å². The van der Waals surface area contributed by atoms with Crippen molar-refractivity contribution in [1.29, 1.82) is 0 Å². The van der Waals surface area contributed by atoms with Crippen LogP contribution in [0.3, 0.4) is 0 Å². The quantitative estimate of drug-likeness (QED) is 0.779. The average molecular weight is 322 g/mol. The molecule has 0 spiro atoms. The first kappa shape index (κ1) is 14.6. The molecule has 1 aromatic carbocycles. The van der Waals surface area contributed by atoms with Gasteiger partial charge in [0.05, 0.1) is 5.69 Å². The van der Waals surface area contributed by atoms with E-state index in [0.717, 1.165) is 37.6 Å². The van der Waals surface area contributed by atoms with Gasteiger partial charge in [-0.05, 0) is 41.5 Å². The first-order valence-electron chi connectivity index (χ1n) is 8.02. The maximum absolute atomic E-state index is 4.34. The summed E-state index contributed by atoms with van der Waals surface area (Å²) in [4.78, 5) is 10.9. The standard InChI is InChI=1S/C16H18N8/c1-2-7-14(8-3-1)24-16(20-21-22-24)19-13-6-4-11-23(12-13)15-17-9-5-10-18-15/h1-3,5,7-10,13H,4,6,11-12H2,(H,19,20,22)/t13-/m0/s1. The van der Waals surface area contributed by atoms with Crippen molar-refractivity contribution in [3.63, 3.8) is 0 Å². The Hall–Kier alpha value is -3.03. The van der Waals surface area contributed by atoms with Gasteiger partial charge in [0.1, 0.15) is 0 Å². The predicted molar refractivity (Wildman–Crippen MR) is 90.0 cm³/mol. The van der Waals surface area contributed by atoms with Crippen LogP contribution in [0.5, 0.6) is 0 Å². The largest absolute Gasteiger partial charge is 0.348 e. The molecule has 1 N–H and O–H groups in total. The van der Waals surface area contributed by atoms with Gasteiger partial charge >= 0.3 is 0 Å². The van der Waals surface area contributed by atoms with Gasteiger partial charge in [0, 0.05) is 31.5 Å². The third-order valence-electron chi connectivity index (χ3n) is 4.06. The van der Waals surface area contributed by atoms with E-state index in [2.05, 4.69) is 35.7 Å². The number of anilines is 2. The maximum atomic E-state index is 4.34. The molecule has 0 aliphatic carbocycles. The van der Waals surface area contributed by atoms with Crippen molar-refractivity contribution >= 4 is 11.9 Å². The fourth-order valence-corrected chi connectivity index (χ4v) is 2.93. The zero-order valence-corrected chi connectivity index (χ0v) is 13.2. The normalized spacial score (nSPS) is 17.7. The summed E-state index contributed by atoms with van der Waals surface area (Å²) in [6.45, 7) is 1.79. The number of piperidine rings is 1. The van der Waals surface area contributed by atoms with Gasteiger partial charge in [-0.2, -0.15) is 4.68 Å². The summed E-state index contributed by atoms with van der Waals surface area (Å²) >= 11 is 0. The molecule has 4 rings (SSSR count). The molecule has 1 fully saturated rings. The molecular formula is C16H18N8. The molecule has 0 saturated carbocycles. The van der Waals surface area contributed by atoms with Crippen LogP contribution in [-0.4, -0.2) is 49.3 Å². The van der Waals surface area contributed by atoms with Gasteiger partial charge in [-0.25, -0.2) is 9.97 Å². The predicted octanol–water partition coefficient (Wildman–Crippen LogP) is 1.53. The number of para-hydroxylation sites is 1. The minimum atomic E-state index is 0.246. The molecule has 0 amide bonds. The van der Waals surface area contributed by atoms with E-state index in [1.54, 1.807) is 17.1 Å². The van der Waals surface area contributed by atoms with Crippen molar-refractivity contribution in [2.75, 3.05) is 23.3 Å². The second-order valence-corrected chi connectivity index (χ2v) is 5.73. The van der Waals surface area contributed by atoms with Crippen LogP contribution in [-0.2, 0) is 0 Å². The van der Waals surface area contributed by atoms with Crippen molar-refractivity contribution in [2.24, 2.45) is 0 Å². The lowest BCUT2D eigenvalue weighted by atomic mass is 10.1. The highest BCUT2D eigenvalue weighted by Crippen LogP contribution is 2.19. The summed E-state index contributed by atoms with van der Waals surface area (Å²) < 4.78 is 1.72. The Kier molecular flexibility index (Phi) is 4.01. The Balaban J connectivity index is 1.49. The van der Waals surface area contributed by atoms with E-state index in [9.17, 15) is 0 Å². The molecule has 122 valence electrons.